The number of nitrogens with zero attached hydrogens (tertiary/aromatic N) is 4. The van der Waals surface area contributed by atoms with Crippen LogP contribution in [0.1, 0.15) is 132 Å². The third kappa shape index (κ3) is 9.20. The molecule has 14 nitrogen and oxygen atoms in total. The van der Waals surface area contributed by atoms with Crippen LogP contribution >= 0.6 is 0 Å². The molecule has 2 saturated carbocycles. The molecule has 0 radical (unpaired) electrons. The minimum absolute atomic E-state index is 0.00573. The van der Waals surface area contributed by atoms with E-state index in [2.05, 4.69) is 81.8 Å². The predicted octanol–water partition coefficient (Wildman–Crippen LogP) is 10.9. The lowest BCUT2D eigenvalue weighted by Crippen LogP contribution is -2.54. The molecule has 5 aliphatic rings. The lowest BCUT2D eigenvalue weighted by Gasteiger charge is -2.56. The number of anilines is 2. The molecule has 3 N–H and O–H groups in total. The fourth-order valence-corrected chi connectivity index (χ4v) is 12.8. The largest absolute Gasteiger partial charge is 0.480 e. The molecule has 3 aliphatic heterocycles. The SMILES string of the molecule is CC(C)c1ccccc1[C@@H]1CCCN1C1CC2(CCN(c3ccc(C(=O)NS(=O)(=O)c4cc5c(c([N+](=O)[O-])c4)O[C@@H](CC4CCC(C)(C)CC4)CN5)c(Oc4cnc5[nH]ccc5c4)c3)CC2)C1. The first-order valence-corrected chi connectivity index (χ1v) is 25.8. The van der Waals surface area contributed by atoms with Crippen LogP contribution in [0.5, 0.6) is 17.2 Å². The number of rotatable bonds is 12. The molecule has 10 rings (SSSR count). The number of amides is 1. The van der Waals surface area contributed by atoms with Gasteiger partial charge in [0.15, 0.2) is 0 Å². The topological polar surface area (TPSA) is 172 Å². The van der Waals surface area contributed by atoms with Crippen LogP contribution in [0.25, 0.3) is 11.0 Å². The first-order valence-electron chi connectivity index (χ1n) is 24.3. The van der Waals surface area contributed by atoms with Crippen LogP contribution in [-0.4, -0.2) is 72.4 Å². The number of sulfonamides is 1. The molecule has 2 atom stereocenters. The van der Waals surface area contributed by atoms with Crippen molar-refractivity contribution in [2.24, 2.45) is 16.7 Å². The van der Waals surface area contributed by atoms with Crippen molar-refractivity contribution in [2.75, 3.05) is 36.4 Å². The van der Waals surface area contributed by atoms with E-state index < -0.39 is 31.4 Å². The number of likely N-dealkylation sites (tertiary alicyclic amines) is 1. The molecule has 2 aromatic heterocycles. The Labute approximate surface area is 393 Å². The van der Waals surface area contributed by atoms with Crippen molar-refractivity contribution in [1.29, 1.82) is 0 Å². The van der Waals surface area contributed by atoms with Gasteiger partial charge in [-0.1, -0.05) is 52.0 Å². The maximum absolute atomic E-state index is 14.1. The monoisotopic (exact) mass is 929 g/mol. The number of hydrogen-bond acceptors (Lipinski definition) is 11. The van der Waals surface area contributed by atoms with Crippen LogP contribution in [0.3, 0.4) is 0 Å². The number of benzene rings is 3. The molecule has 1 spiro atoms. The summed E-state index contributed by atoms with van der Waals surface area (Å²) in [5, 5.41) is 16.4. The zero-order valence-corrected chi connectivity index (χ0v) is 39.9. The van der Waals surface area contributed by atoms with Crippen LogP contribution in [0.4, 0.5) is 17.1 Å². The van der Waals surface area contributed by atoms with Crippen molar-refractivity contribution in [2.45, 2.75) is 127 Å². The Morgan fingerprint density at radius 2 is 1.78 bits per heavy atom. The Bertz CT molecular complexity index is 2780. The zero-order valence-electron chi connectivity index (χ0n) is 39.1. The van der Waals surface area contributed by atoms with Gasteiger partial charge in [-0.15, -0.1) is 0 Å². The second-order valence-corrected chi connectivity index (χ2v) is 22.8. The van der Waals surface area contributed by atoms with Crippen molar-refractivity contribution in [3.05, 3.63) is 106 Å². The van der Waals surface area contributed by atoms with Gasteiger partial charge in [0.25, 0.3) is 15.9 Å². The quantitative estimate of drug-likeness (QED) is 0.0803. The molecule has 1 amide bonds. The van der Waals surface area contributed by atoms with Gasteiger partial charge in [0.2, 0.25) is 5.75 Å². The molecule has 4 fully saturated rings. The van der Waals surface area contributed by atoms with Gasteiger partial charge in [0.05, 0.1) is 33.8 Å². The number of H-pyrrole nitrogens is 1. The highest BCUT2D eigenvalue weighted by Gasteiger charge is 2.50. The normalized spacial score (nSPS) is 22.0. The summed E-state index contributed by atoms with van der Waals surface area (Å²) in [6.07, 6.45) is 15.1. The highest BCUT2D eigenvalue weighted by atomic mass is 32.2. The minimum atomic E-state index is -4.62. The van der Waals surface area contributed by atoms with E-state index in [1.165, 1.54) is 42.9 Å². The summed E-state index contributed by atoms with van der Waals surface area (Å²) in [6, 6.07) is 21.2. The fourth-order valence-electron chi connectivity index (χ4n) is 11.8. The fraction of sp³-hybridized carbons (Fsp3) is 0.500. The zero-order chi connectivity index (χ0) is 46.7. The molecule has 5 aromatic rings. The highest BCUT2D eigenvalue weighted by Crippen LogP contribution is 2.54. The van der Waals surface area contributed by atoms with E-state index in [0.717, 1.165) is 81.7 Å². The van der Waals surface area contributed by atoms with Crippen LogP contribution in [-0.2, 0) is 10.0 Å². The van der Waals surface area contributed by atoms with E-state index in [1.54, 1.807) is 30.6 Å². The van der Waals surface area contributed by atoms with Crippen molar-refractivity contribution >= 4 is 44.0 Å². The van der Waals surface area contributed by atoms with E-state index in [9.17, 15) is 23.3 Å². The van der Waals surface area contributed by atoms with E-state index in [4.69, 9.17) is 9.47 Å². The van der Waals surface area contributed by atoms with Gasteiger partial charge in [-0.3, -0.25) is 19.8 Å². The number of piperidine rings is 1. The number of nitro groups is 1. The van der Waals surface area contributed by atoms with Gasteiger partial charge in [0.1, 0.15) is 23.3 Å². The average Bonchev–Trinajstić information content (AvgIpc) is 3.98. The third-order valence-corrected chi connectivity index (χ3v) is 17.0. The van der Waals surface area contributed by atoms with Gasteiger partial charge < -0.3 is 24.7 Å². The number of nitro benzene ring substituents is 1. The molecular weight excluding hydrogens is 867 g/mol. The number of aromatic nitrogens is 2. The number of aromatic amines is 1. The van der Waals surface area contributed by atoms with Crippen molar-refractivity contribution < 1.29 is 27.6 Å². The van der Waals surface area contributed by atoms with E-state index in [1.807, 2.05) is 12.1 Å². The molecule has 3 aromatic carbocycles. The third-order valence-electron chi connectivity index (χ3n) is 15.7. The van der Waals surface area contributed by atoms with Gasteiger partial charge in [-0.2, -0.15) is 0 Å². The van der Waals surface area contributed by atoms with Crippen LogP contribution in [0, 0.1) is 26.9 Å². The number of hydrogen-bond donors (Lipinski definition) is 3. The molecule has 67 heavy (non-hydrogen) atoms. The van der Waals surface area contributed by atoms with E-state index in [-0.39, 0.29) is 28.9 Å². The summed E-state index contributed by atoms with van der Waals surface area (Å²) in [6.45, 7) is 12.4. The Hall–Kier alpha value is -5.67. The summed E-state index contributed by atoms with van der Waals surface area (Å²) in [5.74, 6) is 0.544. The summed E-state index contributed by atoms with van der Waals surface area (Å²) < 4.78 is 42.8. The van der Waals surface area contributed by atoms with E-state index >= 15 is 0 Å². The van der Waals surface area contributed by atoms with Crippen LogP contribution in [0.2, 0.25) is 0 Å². The van der Waals surface area contributed by atoms with Crippen molar-refractivity contribution in [3.63, 3.8) is 0 Å². The molecular formula is C52H63N7O7S. The van der Waals surface area contributed by atoms with Gasteiger partial charge in [-0.05, 0) is 141 Å². The Morgan fingerprint density at radius 3 is 2.54 bits per heavy atom. The number of pyridine rings is 1. The van der Waals surface area contributed by atoms with Crippen LogP contribution < -0.4 is 24.4 Å². The van der Waals surface area contributed by atoms with Crippen LogP contribution in [0.15, 0.2) is 84.0 Å². The smallest absolute Gasteiger partial charge is 0.314 e. The second-order valence-electron chi connectivity index (χ2n) is 21.1. The molecule has 0 bridgehead atoms. The first kappa shape index (κ1) is 45.1. The predicted molar refractivity (Wildman–Crippen MR) is 260 cm³/mol. The molecule has 354 valence electrons. The lowest BCUT2D eigenvalue weighted by molar-refractivity contribution is -0.386. The number of nitrogens with one attached hydrogen (secondary N) is 3. The minimum Gasteiger partial charge on any atom is -0.480 e. The van der Waals surface area contributed by atoms with Gasteiger partial charge >= 0.3 is 5.69 Å². The van der Waals surface area contributed by atoms with Crippen molar-refractivity contribution in [3.8, 4) is 17.2 Å². The summed E-state index contributed by atoms with van der Waals surface area (Å²) in [4.78, 5) is 38.1. The Morgan fingerprint density at radius 1 is 1.00 bits per heavy atom. The van der Waals surface area contributed by atoms with Crippen molar-refractivity contribution in [1.82, 2.24) is 19.6 Å². The Balaban J connectivity index is 0.845. The number of fused-ring (bicyclic) bond motifs is 2. The molecule has 5 heterocycles. The number of ether oxygens (including phenoxy) is 2. The summed E-state index contributed by atoms with van der Waals surface area (Å²) >= 11 is 0. The number of carbonyl (C=O) groups excluding carboxylic acids is 1. The van der Waals surface area contributed by atoms with Gasteiger partial charge in [-0.25, -0.2) is 18.1 Å². The molecule has 15 heteroatoms. The standard InChI is InChI=1S/C52H63N7O7S/c1-33(2)41-8-5-6-9-42(41)45-10-7-21-58(45)37-29-52(30-37)18-22-57(23-19-52)36-11-12-43(47(26-36)65-39-25-35-15-20-53-49(35)55-32-39)50(60)56-67(63,64)40-27-44-48(46(28-40)59(61)62)66-38(31-54-44)24-34-13-16-51(3,4)17-14-34/h5-6,8-9,11-12,15,20,25-28,32-34,37-38,45,54H,7,10,13-14,16-19,21-24,29-31H2,1-4H3,(H,53,55)(H,56,60)/t38-,45-/m0/s1. The Kier molecular flexibility index (Phi) is 12.0. The van der Waals surface area contributed by atoms with E-state index in [0.29, 0.717) is 52.7 Å². The average molecular weight is 930 g/mol. The summed E-state index contributed by atoms with van der Waals surface area (Å²) in [7, 11) is -4.62. The maximum atomic E-state index is 14.1. The lowest BCUT2D eigenvalue weighted by atomic mass is 9.59. The first-order chi connectivity index (χ1) is 32.1. The summed E-state index contributed by atoms with van der Waals surface area (Å²) in [5.41, 5.74) is 4.82. The molecule has 0 unspecified atom stereocenters. The maximum Gasteiger partial charge on any atom is 0.314 e. The highest BCUT2D eigenvalue weighted by molar-refractivity contribution is 7.90. The van der Waals surface area contributed by atoms with Gasteiger partial charge in [0, 0.05) is 54.6 Å². The second kappa shape index (κ2) is 17.8. The number of carbonyl (C=O) groups is 1. The molecule has 2 saturated heterocycles. The molecule has 2 aliphatic carbocycles.